The van der Waals surface area contributed by atoms with Gasteiger partial charge in [0.25, 0.3) is 0 Å². The van der Waals surface area contributed by atoms with Crippen LogP contribution in [0.3, 0.4) is 0 Å². The van der Waals surface area contributed by atoms with Crippen LogP contribution in [0.5, 0.6) is 0 Å². The summed E-state index contributed by atoms with van der Waals surface area (Å²) in [7, 11) is 0. The molecule has 0 fully saturated rings. The minimum Gasteiger partial charge on any atom is -0.324 e. The highest BCUT2D eigenvalue weighted by Crippen LogP contribution is 2.28. The minimum absolute atomic E-state index is 0.164. The van der Waals surface area contributed by atoms with Crippen molar-refractivity contribution in [1.29, 1.82) is 0 Å². The molecule has 0 radical (unpaired) electrons. The quantitative estimate of drug-likeness (QED) is 0.896. The van der Waals surface area contributed by atoms with Gasteiger partial charge in [-0.1, -0.05) is 39.0 Å². The molecule has 0 saturated carbocycles. The molecule has 1 aromatic carbocycles. The summed E-state index contributed by atoms with van der Waals surface area (Å²) in [6.45, 7) is 9.15. The highest BCUT2D eigenvalue weighted by molar-refractivity contribution is 5.64. The molecule has 0 aliphatic rings. The van der Waals surface area contributed by atoms with Crippen molar-refractivity contribution in [1.82, 2.24) is 9.97 Å². The standard InChI is InChI=1S/C16H21N3/c1-11-9-12(16(2,3)4)5-6-13(11)14-7-8-18-15(10-17)19-14/h5-9H,10,17H2,1-4H3. The third-order valence-corrected chi connectivity index (χ3v) is 3.26. The van der Waals surface area contributed by atoms with Gasteiger partial charge >= 0.3 is 0 Å². The summed E-state index contributed by atoms with van der Waals surface area (Å²) in [5.74, 6) is 0.678. The first-order chi connectivity index (χ1) is 8.91. The van der Waals surface area contributed by atoms with Crippen LogP contribution in [-0.2, 0) is 12.0 Å². The Morgan fingerprint density at radius 1 is 1.16 bits per heavy atom. The Balaban J connectivity index is 2.46. The second kappa shape index (κ2) is 5.10. The van der Waals surface area contributed by atoms with Crippen molar-refractivity contribution in [3.63, 3.8) is 0 Å². The van der Waals surface area contributed by atoms with E-state index in [4.69, 9.17) is 5.73 Å². The number of aromatic nitrogens is 2. The van der Waals surface area contributed by atoms with E-state index in [1.807, 2.05) is 6.07 Å². The Hall–Kier alpha value is -1.74. The topological polar surface area (TPSA) is 51.8 Å². The van der Waals surface area contributed by atoms with Gasteiger partial charge < -0.3 is 5.73 Å². The molecule has 2 rings (SSSR count). The van der Waals surface area contributed by atoms with Gasteiger partial charge in [0, 0.05) is 11.8 Å². The maximum atomic E-state index is 5.59. The molecule has 100 valence electrons. The first-order valence-electron chi connectivity index (χ1n) is 6.55. The molecule has 1 heterocycles. The summed E-state index contributed by atoms with van der Waals surface area (Å²) in [5, 5.41) is 0. The van der Waals surface area contributed by atoms with Crippen LogP contribution in [0.15, 0.2) is 30.5 Å². The van der Waals surface area contributed by atoms with E-state index in [1.54, 1.807) is 6.20 Å². The fourth-order valence-electron chi connectivity index (χ4n) is 2.07. The lowest BCUT2D eigenvalue weighted by atomic mass is 9.85. The molecule has 0 amide bonds. The average Bonchev–Trinajstić information content (AvgIpc) is 2.37. The van der Waals surface area contributed by atoms with E-state index in [9.17, 15) is 0 Å². The lowest BCUT2D eigenvalue weighted by molar-refractivity contribution is 0.590. The maximum absolute atomic E-state index is 5.59. The molecule has 2 aromatic rings. The van der Waals surface area contributed by atoms with Crippen LogP contribution in [-0.4, -0.2) is 9.97 Å². The second-order valence-electron chi connectivity index (χ2n) is 5.84. The summed E-state index contributed by atoms with van der Waals surface area (Å²) >= 11 is 0. The molecule has 3 heteroatoms. The van der Waals surface area contributed by atoms with Crippen LogP contribution >= 0.6 is 0 Å². The smallest absolute Gasteiger partial charge is 0.142 e. The van der Waals surface area contributed by atoms with E-state index in [0.29, 0.717) is 12.4 Å². The Labute approximate surface area is 114 Å². The molecule has 0 bridgehead atoms. The second-order valence-corrected chi connectivity index (χ2v) is 5.84. The number of nitrogens with zero attached hydrogens (tertiary/aromatic N) is 2. The molecule has 3 nitrogen and oxygen atoms in total. The van der Waals surface area contributed by atoms with E-state index in [1.165, 1.54) is 11.1 Å². The molecule has 0 atom stereocenters. The van der Waals surface area contributed by atoms with E-state index < -0.39 is 0 Å². The van der Waals surface area contributed by atoms with Crippen molar-refractivity contribution < 1.29 is 0 Å². The number of hydrogen-bond acceptors (Lipinski definition) is 3. The average molecular weight is 255 g/mol. The molecule has 0 aliphatic heterocycles. The van der Waals surface area contributed by atoms with Crippen LogP contribution in [0.2, 0.25) is 0 Å². The Kier molecular flexibility index (Phi) is 3.67. The zero-order valence-corrected chi connectivity index (χ0v) is 12.1. The third kappa shape index (κ3) is 2.99. The van der Waals surface area contributed by atoms with Gasteiger partial charge in [0.15, 0.2) is 0 Å². The molecule has 0 unspecified atom stereocenters. The van der Waals surface area contributed by atoms with Gasteiger partial charge in [0.1, 0.15) is 5.82 Å². The maximum Gasteiger partial charge on any atom is 0.142 e. The van der Waals surface area contributed by atoms with Crippen LogP contribution in [0.1, 0.15) is 37.7 Å². The highest BCUT2D eigenvalue weighted by atomic mass is 14.9. The van der Waals surface area contributed by atoms with Gasteiger partial charge in [-0.05, 0) is 29.5 Å². The highest BCUT2D eigenvalue weighted by Gasteiger charge is 2.15. The van der Waals surface area contributed by atoms with Crippen molar-refractivity contribution in [2.24, 2.45) is 5.73 Å². The SMILES string of the molecule is Cc1cc(C(C)(C)C)ccc1-c1ccnc(CN)n1. The van der Waals surface area contributed by atoms with Crippen LogP contribution in [0.25, 0.3) is 11.3 Å². The largest absolute Gasteiger partial charge is 0.324 e. The normalized spacial score (nSPS) is 11.6. The fourth-order valence-corrected chi connectivity index (χ4v) is 2.07. The Bertz CT molecular complexity index is 583. The summed E-state index contributed by atoms with van der Waals surface area (Å²) in [6.07, 6.45) is 1.77. The van der Waals surface area contributed by atoms with Crippen LogP contribution in [0, 0.1) is 6.92 Å². The number of hydrogen-bond donors (Lipinski definition) is 1. The van der Waals surface area contributed by atoms with Gasteiger partial charge in [0.05, 0.1) is 12.2 Å². The van der Waals surface area contributed by atoms with Crippen LogP contribution < -0.4 is 5.73 Å². The van der Waals surface area contributed by atoms with E-state index in [0.717, 1.165) is 11.3 Å². The molecule has 2 N–H and O–H groups in total. The molecule has 0 aliphatic carbocycles. The number of nitrogens with two attached hydrogens (primary N) is 1. The number of aryl methyl sites for hydroxylation is 1. The van der Waals surface area contributed by atoms with Crippen LogP contribution in [0.4, 0.5) is 0 Å². The Morgan fingerprint density at radius 2 is 1.89 bits per heavy atom. The zero-order valence-electron chi connectivity index (χ0n) is 12.1. The van der Waals surface area contributed by atoms with Crippen molar-refractivity contribution in [3.8, 4) is 11.3 Å². The van der Waals surface area contributed by atoms with Crippen molar-refractivity contribution in [3.05, 3.63) is 47.4 Å². The summed E-state index contributed by atoms with van der Waals surface area (Å²) in [5.41, 5.74) is 10.4. The van der Waals surface area contributed by atoms with Gasteiger partial charge in [-0.2, -0.15) is 0 Å². The lowest BCUT2D eigenvalue weighted by Gasteiger charge is -2.20. The fraction of sp³-hybridized carbons (Fsp3) is 0.375. The Morgan fingerprint density at radius 3 is 2.47 bits per heavy atom. The minimum atomic E-state index is 0.164. The molecule has 1 aromatic heterocycles. The van der Waals surface area contributed by atoms with Crippen molar-refractivity contribution in [2.75, 3.05) is 0 Å². The number of benzene rings is 1. The molecular formula is C16H21N3. The van der Waals surface area contributed by atoms with Gasteiger partial charge in [-0.15, -0.1) is 0 Å². The van der Waals surface area contributed by atoms with Gasteiger partial charge in [0.2, 0.25) is 0 Å². The summed E-state index contributed by atoms with van der Waals surface area (Å²) in [6, 6.07) is 8.48. The molecule has 0 spiro atoms. The van der Waals surface area contributed by atoms with Crippen molar-refractivity contribution >= 4 is 0 Å². The van der Waals surface area contributed by atoms with E-state index in [2.05, 4.69) is 55.9 Å². The molecular weight excluding hydrogens is 234 g/mol. The zero-order chi connectivity index (χ0) is 14.0. The van der Waals surface area contributed by atoms with Gasteiger partial charge in [-0.3, -0.25) is 0 Å². The molecule has 0 saturated heterocycles. The predicted octanol–water partition coefficient (Wildman–Crippen LogP) is 3.21. The summed E-state index contributed by atoms with van der Waals surface area (Å²) in [4.78, 5) is 8.61. The number of rotatable bonds is 2. The van der Waals surface area contributed by atoms with E-state index in [-0.39, 0.29) is 5.41 Å². The summed E-state index contributed by atoms with van der Waals surface area (Å²) < 4.78 is 0. The predicted molar refractivity (Wildman–Crippen MR) is 78.8 cm³/mol. The first-order valence-corrected chi connectivity index (χ1v) is 6.55. The van der Waals surface area contributed by atoms with E-state index >= 15 is 0 Å². The monoisotopic (exact) mass is 255 g/mol. The molecule has 19 heavy (non-hydrogen) atoms. The lowest BCUT2D eigenvalue weighted by Crippen LogP contribution is -2.11. The third-order valence-electron chi connectivity index (χ3n) is 3.26. The first kappa shape index (κ1) is 13.7. The van der Waals surface area contributed by atoms with Crippen molar-refractivity contribution in [2.45, 2.75) is 39.7 Å². The van der Waals surface area contributed by atoms with Gasteiger partial charge in [-0.25, -0.2) is 9.97 Å².